The zero-order valence-corrected chi connectivity index (χ0v) is 11.3. The Morgan fingerprint density at radius 1 is 1.06 bits per heavy atom. The quantitative estimate of drug-likeness (QED) is 0.867. The predicted octanol–water partition coefficient (Wildman–Crippen LogP) is 4.12. The van der Waals surface area contributed by atoms with Crippen LogP contribution in [0.1, 0.15) is 38.5 Å². The number of hydrogen-bond acceptors (Lipinski definition) is 2. The van der Waals surface area contributed by atoms with Gasteiger partial charge in [-0.1, -0.05) is 11.6 Å². The molecule has 2 nitrogen and oxygen atoms in total. The highest BCUT2D eigenvalue weighted by Gasteiger charge is 2.50. The lowest BCUT2D eigenvalue weighted by Gasteiger charge is -2.57. The molecule has 96 valence electrons. The molecule has 0 spiro atoms. The molecule has 0 unspecified atom stereocenters. The number of nitrogens with zero attached hydrogens (tertiary/aromatic N) is 1. The van der Waals surface area contributed by atoms with E-state index in [1.807, 2.05) is 12.1 Å². The van der Waals surface area contributed by atoms with Gasteiger partial charge in [-0.15, -0.1) is 0 Å². The van der Waals surface area contributed by atoms with E-state index in [0.29, 0.717) is 10.6 Å². The van der Waals surface area contributed by atoms with E-state index in [4.69, 9.17) is 11.6 Å². The van der Waals surface area contributed by atoms with Crippen molar-refractivity contribution in [3.8, 4) is 0 Å². The van der Waals surface area contributed by atoms with Crippen LogP contribution >= 0.6 is 11.6 Å². The molecular formula is C15H19ClN2. The molecule has 3 heteroatoms. The molecular weight excluding hydrogens is 244 g/mol. The van der Waals surface area contributed by atoms with E-state index in [-0.39, 0.29) is 0 Å². The second-order valence-corrected chi connectivity index (χ2v) is 7.12. The fraction of sp³-hybridized carbons (Fsp3) is 0.667. The Morgan fingerprint density at radius 2 is 1.67 bits per heavy atom. The molecule has 18 heavy (non-hydrogen) atoms. The zero-order valence-electron chi connectivity index (χ0n) is 10.5. The lowest BCUT2D eigenvalue weighted by atomic mass is 9.53. The maximum absolute atomic E-state index is 5.90. The molecule has 5 rings (SSSR count). The Hall–Kier alpha value is -0.760. The van der Waals surface area contributed by atoms with Crippen molar-refractivity contribution in [2.24, 2.45) is 17.8 Å². The Balaban J connectivity index is 1.58. The molecule has 4 bridgehead atoms. The third-order valence-corrected chi connectivity index (χ3v) is 5.38. The maximum atomic E-state index is 5.90. The van der Waals surface area contributed by atoms with Crippen LogP contribution in [0.2, 0.25) is 5.02 Å². The zero-order chi connectivity index (χ0) is 12.2. The van der Waals surface area contributed by atoms with Gasteiger partial charge in [-0.05, 0) is 68.4 Å². The number of anilines is 1. The molecule has 1 aromatic rings. The van der Waals surface area contributed by atoms with E-state index in [1.54, 1.807) is 6.20 Å². The van der Waals surface area contributed by atoms with Crippen molar-refractivity contribution in [1.29, 1.82) is 0 Å². The predicted molar refractivity (Wildman–Crippen MR) is 73.8 cm³/mol. The standard InChI is InChI=1S/C15H19ClN2/c16-13-1-2-14(17-9-13)18-15-6-10-3-11(7-15)5-12(4-10)8-15/h1-2,9-12H,3-8H2,(H,17,18). The van der Waals surface area contributed by atoms with Crippen LogP contribution in [-0.4, -0.2) is 10.5 Å². The van der Waals surface area contributed by atoms with Gasteiger partial charge in [-0.2, -0.15) is 0 Å². The molecule has 1 heterocycles. The Morgan fingerprint density at radius 3 is 2.17 bits per heavy atom. The number of pyridine rings is 1. The van der Waals surface area contributed by atoms with Gasteiger partial charge in [0, 0.05) is 11.7 Å². The first kappa shape index (κ1) is 11.1. The molecule has 0 radical (unpaired) electrons. The molecule has 0 aliphatic heterocycles. The van der Waals surface area contributed by atoms with Crippen molar-refractivity contribution in [3.05, 3.63) is 23.4 Å². The van der Waals surface area contributed by atoms with Gasteiger partial charge in [0.15, 0.2) is 0 Å². The second kappa shape index (κ2) is 3.86. The van der Waals surface area contributed by atoms with Gasteiger partial charge >= 0.3 is 0 Å². The summed E-state index contributed by atoms with van der Waals surface area (Å²) in [5.41, 5.74) is 0.343. The Kier molecular flexibility index (Phi) is 2.38. The summed E-state index contributed by atoms with van der Waals surface area (Å²) in [5, 5.41) is 4.46. The highest BCUT2D eigenvalue weighted by molar-refractivity contribution is 6.30. The topological polar surface area (TPSA) is 24.9 Å². The molecule has 4 fully saturated rings. The van der Waals surface area contributed by atoms with Crippen molar-refractivity contribution in [3.63, 3.8) is 0 Å². The molecule has 1 N–H and O–H groups in total. The molecule has 4 aliphatic rings. The maximum Gasteiger partial charge on any atom is 0.126 e. The van der Waals surface area contributed by atoms with Crippen molar-refractivity contribution >= 4 is 17.4 Å². The summed E-state index contributed by atoms with van der Waals surface area (Å²) in [6.07, 6.45) is 10.2. The number of rotatable bonds is 2. The van der Waals surface area contributed by atoms with Crippen LogP contribution in [0.4, 0.5) is 5.82 Å². The normalized spacial score (nSPS) is 41.1. The molecule has 4 aliphatic carbocycles. The van der Waals surface area contributed by atoms with Crippen LogP contribution < -0.4 is 5.32 Å². The highest BCUT2D eigenvalue weighted by Crippen LogP contribution is 2.56. The lowest BCUT2D eigenvalue weighted by Crippen LogP contribution is -2.54. The number of halogens is 1. The first-order valence-electron chi connectivity index (χ1n) is 7.11. The van der Waals surface area contributed by atoms with Crippen molar-refractivity contribution in [2.45, 2.75) is 44.1 Å². The van der Waals surface area contributed by atoms with Crippen LogP contribution in [0.5, 0.6) is 0 Å². The third kappa shape index (κ3) is 1.82. The Labute approximate surface area is 113 Å². The van der Waals surface area contributed by atoms with Crippen LogP contribution in [0.15, 0.2) is 18.3 Å². The average Bonchev–Trinajstić information content (AvgIpc) is 2.30. The summed E-state index contributed by atoms with van der Waals surface area (Å²) in [4.78, 5) is 4.41. The highest BCUT2D eigenvalue weighted by atomic mass is 35.5. The first-order chi connectivity index (χ1) is 8.71. The van der Waals surface area contributed by atoms with E-state index in [2.05, 4.69) is 10.3 Å². The summed E-state index contributed by atoms with van der Waals surface area (Å²) in [6.45, 7) is 0. The first-order valence-corrected chi connectivity index (χ1v) is 7.48. The van der Waals surface area contributed by atoms with E-state index in [1.165, 1.54) is 38.5 Å². The van der Waals surface area contributed by atoms with Crippen LogP contribution in [0, 0.1) is 17.8 Å². The molecule has 0 atom stereocenters. The molecule has 1 aromatic heterocycles. The average molecular weight is 263 g/mol. The van der Waals surface area contributed by atoms with Gasteiger partial charge in [0.1, 0.15) is 5.82 Å². The van der Waals surface area contributed by atoms with Gasteiger partial charge in [0.05, 0.1) is 5.02 Å². The fourth-order valence-electron chi connectivity index (χ4n) is 4.99. The van der Waals surface area contributed by atoms with Crippen molar-refractivity contribution in [1.82, 2.24) is 4.98 Å². The third-order valence-electron chi connectivity index (χ3n) is 5.16. The number of nitrogens with one attached hydrogen (secondary N) is 1. The van der Waals surface area contributed by atoms with Crippen LogP contribution in [0.3, 0.4) is 0 Å². The van der Waals surface area contributed by atoms with Gasteiger partial charge in [-0.25, -0.2) is 4.98 Å². The van der Waals surface area contributed by atoms with E-state index < -0.39 is 0 Å². The monoisotopic (exact) mass is 262 g/mol. The minimum Gasteiger partial charge on any atom is -0.365 e. The molecule has 0 aromatic carbocycles. The summed E-state index contributed by atoms with van der Waals surface area (Å²) in [6, 6.07) is 3.94. The van der Waals surface area contributed by atoms with Gasteiger partial charge < -0.3 is 5.32 Å². The fourth-order valence-corrected chi connectivity index (χ4v) is 5.10. The summed E-state index contributed by atoms with van der Waals surface area (Å²) in [7, 11) is 0. The molecule has 0 saturated heterocycles. The van der Waals surface area contributed by atoms with Gasteiger partial charge in [-0.3, -0.25) is 0 Å². The number of hydrogen-bond donors (Lipinski definition) is 1. The molecule has 4 saturated carbocycles. The summed E-state index contributed by atoms with van der Waals surface area (Å²) >= 11 is 5.90. The lowest BCUT2D eigenvalue weighted by molar-refractivity contribution is 0.0105. The SMILES string of the molecule is Clc1ccc(NC23CC4CC(CC(C4)C2)C3)nc1. The summed E-state index contributed by atoms with van der Waals surface area (Å²) in [5.74, 6) is 3.91. The van der Waals surface area contributed by atoms with Crippen LogP contribution in [0.25, 0.3) is 0 Å². The van der Waals surface area contributed by atoms with Crippen molar-refractivity contribution < 1.29 is 0 Å². The summed E-state index contributed by atoms with van der Waals surface area (Å²) < 4.78 is 0. The van der Waals surface area contributed by atoms with Crippen molar-refractivity contribution in [2.75, 3.05) is 5.32 Å². The minimum atomic E-state index is 0.343. The number of aromatic nitrogens is 1. The van der Waals surface area contributed by atoms with Gasteiger partial charge in [0.25, 0.3) is 0 Å². The minimum absolute atomic E-state index is 0.343. The largest absolute Gasteiger partial charge is 0.365 e. The van der Waals surface area contributed by atoms with Crippen LogP contribution in [-0.2, 0) is 0 Å². The van der Waals surface area contributed by atoms with E-state index >= 15 is 0 Å². The van der Waals surface area contributed by atoms with E-state index in [9.17, 15) is 0 Å². The molecule has 0 amide bonds. The van der Waals surface area contributed by atoms with E-state index in [0.717, 1.165) is 23.6 Å². The van der Waals surface area contributed by atoms with Gasteiger partial charge in [0.2, 0.25) is 0 Å². The smallest absolute Gasteiger partial charge is 0.126 e. The second-order valence-electron chi connectivity index (χ2n) is 6.68. The Bertz CT molecular complexity index is 419.